The predicted octanol–water partition coefficient (Wildman–Crippen LogP) is 4.48. The number of fused-ring (bicyclic) bond motifs is 3. The van der Waals surface area contributed by atoms with Gasteiger partial charge in [-0.1, -0.05) is 68.5 Å². The zero-order chi connectivity index (χ0) is 24.7. The Morgan fingerprint density at radius 2 is 1.59 bits per heavy atom. The van der Waals surface area contributed by atoms with Gasteiger partial charge in [0.05, 0.1) is 0 Å². The smallest absolute Gasteiger partial charge is 0.407 e. The van der Waals surface area contributed by atoms with Crippen LogP contribution in [0.3, 0.4) is 0 Å². The van der Waals surface area contributed by atoms with Crippen molar-refractivity contribution in [3.05, 3.63) is 72.3 Å². The summed E-state index contributed by atoms with van der Waals surface area (Å²) in [4.78, 5) is 37.0. The van der Waals surface area contributed by atoms with E-state index in [0.29, 0.717) is 12.8 Å². The SMILES string of the molecule is C=CCCC(NC(=O)[C@H](CC(C)C)NC(=O)OCC1c2ccccc2-c2ccccc21)C(=O)O. The molecule has 0 aromatic heterocycles. The number of nitrogens with one attached hydrogen (secondary N) is 2. The first-order chi connectivity index (χ1) is 16.3. The Bertz CT molecular complexity index is 1000. The van der Waals surface area contributed by atoms with Crippen molar-refractivity contribution in [2.75, 3.05) is 6.61 Å². The van der Waals surface area contributed by atoms with Gasteiger partial charge >= 0.3 is 12.1 Å². The second kappa shape index (κ2) is 11.5. The molecule has 1 aliphatic rings. The van der Waals surface area contributed by atoms with E-state index in [-0.39, 0.29) is 24.9 Å². The molecule has 2 aromatic carbocycles. The summed E-state index contributed by atoms with van der Waals surface area (Å²) in [5.74, 6) is -1.66. The lowest BCUT2D eigenvalue weighted by Crippen LogP contribution is -2.52. The number of ether oxygens (including phenoxy) is 1. The molecule has 2 atom stereocenters. The molecule has 0 spiro atoms. The predicted molar refractivity (Wildman–Crippen MR) is 130 cm³/mol. The van der Waals surface area contributed by atoms with E-state index in [1.807, 2.05) is 50.2 Å². The number of hydrogen-bond acceptors (Lipinski definition) is 4. The van der Waals surface area contributed by atoms with Crippen LogP contribution in [0.1, 0.15) is 50.2 Å². The molecule has 0 saturated carbocycles. The molecule has 7 nitrogen and oxygen atoms in total. The number of amides is 2. The molecule has 0 heterocycles. The monoisotopic (exact) mass is 464 g/mol. The normalized spacial score (nSPS) is 14.0. The third kappa shape index (κ3) is 6.04. The molecule has 3 N–H and O–H groups in total. The number of carbonyl (C=O) groups excluding carboxylic acids is 2. The van der Waals surface area contributed by atoms with Gasteiger partial charge in [0.15, 0.2) is 0 Å². The van der Waals surface area contributed by atoms with Crippen LogP contribution in [0.15, 0.2) is 61.2 Å². The molecule has 34 heavy (non-hydrogen) atoms. The number of hydrogen-bond donors (Lipinski definition) is 3. The summed E-state index contributed by atoms with van der Waals surface area (Å²) in [5.41, 5.74) is 4.45. The lowest BCUT2D eigenvalue weighted by molar-refractivity contribution is -0.142. The van der Waals surface area contributed by atoms with Gasteiger partial charge in [0.1, 0.15) is 18.7 Å². The number of alkyl carbamates (subject to hydrolysis) is 1. The molecule has 1 unspecified atom stereocenters. The maximum Gasteiger partial charge on any atom is 0.407 e. The molecule has 0 bridgehead atoms. The van der Waals surface area contributed by atoms with E-state index in [2.05, 4.69) is 29.3 Å². The molecule has 2 aromatic rings. The Morgan fingerprint density at radius 1 is 1.00 bits per heavy atom. The average Bonchev–Trinajstić information content (AvgIpc) is 3.13. The average molecular weight is 465 g/mol. The van der Waals surface area contributed by atoms with Gasteiger partial charge in [0.2, 0.25) is 5.91 Å². The van der Waals surface area contributed by atoms with E-state index in [4.69, 9.17) is 4.74 Å². The minimum absolute atomic E-state index is 0.0918. The maximum atomic E-state index is 12.8. The summed E-state index contributed by atoms with van der Waals surface area (Å²) in [6.07, 6.45) is 1.92. The Labute approximate surface area is 200 Å². The van der Waals surface area contributed by atoms with Crippen molar-refractivity contribution < 1.29 is 24.2 Å². The van der Waals surface area contributed by atoms with Crippen LogP contribution in [0.2, 0.25) is 0 Å². The lowest BCUT2D eigenvalue weighted by atomic mass is 9.98. The molecule has 0 fully saturated rings. The van der Waals surface area contributed by atoms with Crippen LogP contribution < -0.4 is 10.6 Å². The van der Waals surface area contributed by atoms with Crippen LogP contribution in [-0.4, -0.2) is 41.8 Å². The van der Waals surface area contributed by atoms with Crippen LogP contribution in [0.5, 0.6) is 0 Å². The molecule has 7 heteroatoms. The van der Waals surface area contributed by atoms with Crippen molar-refractivity contribution in [3.8, 4) is 11.1 Å². The summed E-state index contributed by atoms with van der Waals surface area (Å²) in [7, 11) is 0. The summed E-state index contributed by atoms with van der Waals surface area (Å²) < 4.78 is 5.56. The van der Waals surface area contributed by atoms with Crippen molar-refractivity contribution in [2.24, 2.45) is 5.92 Å². The van der Waals surface area contributed by atoms with Gasteiger partial charge in [0, 0.05) is 5.92 Å². The van der Waals surface area contributed by atoms with Crippen LogP contribution in [0.25, 0.3) is 11.1 Å². The van der Waals surface area contributed by atoms with Crippen molar-refractivity contribution in [1.82, 2.24) is 10.6 Å². The van der Waals surface area contributed by atoms with E-state index in [1.54, 1.807) is 6.08 Å². The van der Waals surface area contributed by atoms with Crippen molar-refractivity contribution in [2.45, 2.75) is 51.1 Å². The van der Waals surface area contributed by atoms with E-state index < -0.39 is 30.1 Å². The molecular formula is C27H32N2O5. The highest BCUT2D eigenvalue weighted by molar-refractivity contribution is 5.89. The van der Waals surface area contributed by atoms with Gasteiger partial charge in [-0.25, -0.2) is 9.59 Å². The highest BCUT2D eigenvalue weighted by Gasteiger charge is 2.30. The van der Waals surface area contributed by atoms with E-state index in [9.17, 15) is 19.5 Å². The second-order valence-electron chi connectivity index (χ2n) is 8.92. The minimum Gasteiger partial charge on any atom is -0.480 e. The fourth-order valence-corrected chi connectivity index (χ4v) is 4.30. The summed E-state index contributed by atoms with van der Waals surface area (Å²) in [5, 5.41) is 14.6. The minimum atomic E-state index is -1.13. The molecule has 3 rings (SSSR count). The number of allylic oxidation sites excluding steroid dienone is 1. The first-order valence-electron chi connectivity index (χ1n) is 11.6. The van der Waals surface area contributed by atoms with Gasteiger partial charge in [-0.15, -0.1) is 6.58 Å². The Kier molecular flexibility index (Phi) is 8.46. The highest BCUT2D eigenvalue weighted by Crippen LogP contribution is 2.44. The van der Waals surface area contributed by atoms with Crippen LogP contribution in [0, 0.1) is 5.92 Å². The van der Waals surface area contributed by atoms with Gasteiger partial charge in [-0.3, -0.25) is 4.79 Å². The molecule has 0 radical (unpaired) electrons. The summed E-state index contributed by atoms with van der Waals surface area (Å²) >= 11 is 0. The molecule has 0 saturated heterocycles. The number of rotatable bonds is 11. The van der Waals surface area contributed by atoms with Gasteiger partial charge in [-0.2, -0.15) is 0 Å². The lowest BCUT2D eigenvalue weighted by Gasteiger charge is -2.23. The number of carboxylic acids is 1. The van der Waals surface area contributed by atoms with E-state index >= 15 is 0 Å². The molecule has 1 aliphatic carbocycles. The van der Waals surface area contributed by atoms with Crippen molar-refractivity contribution in [3.63, 3.8) is 0 Å². The molecule has 2 amide bonds. The fraction of sp³-hybridized carbons (Fsp3) is 0.370. The van der Waals surface area contributed by atoms with Gasteiger partial charge in [-0.05, 0) is 47.4 Å². The third-order valence-electron chi connectivity index (χ3n) is 5.93. The molecular weight excluding hydrogens is 432 g/mol. The highest BCUT2D eigenvalue weighted by atomic mass is 16.5. The van der Waals surface area contributed by atoms with Crippen molar-refractivity contribution >= 4 is 18.0 Å². The van der Waals surface area contributed by atoms with Crippen molar-refractivity contribution in [1.29, 1.82) is 0 Å². The zero-order valence-electron chi connectivity index (χ0n) is 19.6. The topological polar surface area (TPSA) is 105 Å². The number of aliphatic carboxylic acids is 1. The first-order valence-corrected chi connectivity index (χ1v) is 11.6. The number of benzene rings is 2. The summed E-state index contributed by atoms with van der Waals surface area (Å²) in [6.45, 7) is 7.56. The summed E-state index contributed by atoms with van der Waals surface area (Å²) in [6, 6.07) is 14.1. The van der Waals surface area contributed by atoms with Crippen LogP contribution in [-0.2, 0) is 14.3 Å². The van der Waals surface area contributed by atoms with Crippen LogP contribution in [0.4, 0.5) is 4.79 Å². The largest absolute Gasteiger partial charge is 0.480 e. The number of carbonyl (C=O) groups is 3. The quantitative estimate of drug-likeness (QED) is 0.426. The molecule has 180 valence electrons. The first kappa shape index (κ1) is 25.0. The van der Waals surface area contributed by atoms with Gasteiger partial charge < -0.3 is 20.5 Å². The van der Waals surface area contributed by atoms with E-state index in [1.165, 1.54) is 0 Å². The van der Waals surface area contributed by atoms with Gasteiger partial charge in [0.25, 0.3) is 0 Å². The fourth-order valence-electron chi connectivity index (χ4n) is 4.30. The van der Waals surface area contributed by atoms with Crippen LogP contribution >= 0.6 is 0 Å². The molecule has 0 aliphatic heterocycles. The number of carboxylic acid groups (broad SMARTS) is 1. The Balaban J connectivity index is 1.66. The zero-order valence-corrected chi connectivity index (χ0v) is 19.6. The third-order valence-corrected chi connectivity index (χ3v) is 5.93. The Hall–Kier alpha value is -3.61. The Morgan fingerprint density at radius 3 is 2.12 bits per heavy atom. The standard InChI is InChI=1S/C27H32N2O5/c1-4-5-14-23(26(31)32)28-25(30)24(15-17(2)3)29-27(33)34-16-22-20-12-8-6-10-18(20)19-11-7-9-13-21(19)22/h4,6-13,17,22-24H,1,5,14-16H2,2-3H3,(H,28,30)(H,29,33)(H,31,32)/t23?,24-/m0/s1. The maximum absolute atomic E-state index is 12.8. The van der Waals surface area contributed by atoms with E-state index in [0.717, 1.165) is 22.3 Å². The second-order valence-corrected chi connectivity index (χ2v) is 8.92.